The second-order valence-electron chi connectivity index (χ2n) is 3.97. The van der Waals surface area contributed by atoms with Gasteiger partial charge in [0.2, 0.25) is 0 Å². The lowest BCUT2D eigenvalue weighted by Crippen LogP contribution is -1.84. The molecule has 1 aromatic carbocycles. The number of nitrogens with two attached hydrogens (primary N) is 1. The maximum Gasteiger partial charge on any atom is 0.181 e. The third kappa shape index (κ3) is 2.45. The van der Waals surface area contributed by atoms with Crippen molar-refractivity contribution < 1.29 is 0 Å². The minimum Gasteiger partial charge on any atom is -0.375 e. The molecule has 0 amide bonds. The van der Waals surface area contributed by atoms with Gasteiger partial charge < -0.3 is 5.73 Å². The van der Waals surface area contributed by atoms with Gasteiger partial charge in [-0.3, -0.25) is 4.98 Å². The van der Waals surface area contributed by atoms with Gasteiger partial charge in [-0.1, -0.05) is 35.1 Å². The van der Waals surface area contributed by atoms with E-state index in [4.69, 9.17) is 17.3 Å². The molecule has 5 heteroatoms. The fourth-order valence-corrected chi connectivity index (χ4v) is 2.83. The van der Waals surface area contributed by atoms with Crippen LogP contribution in [0.2, 0.25) is 5.02 Å². The smallest absolute Gasteiger partial charge is 0.181 e. The van der Waals surface area contributed by atoms with Crippen LogP contribution in [0.4, 0.5) is 5.13 Å². The molecule has 2 N–H and O–H groups in total. The fourth-order valence-electron chi connectivity index (χ4n) is 1.84. The number of benzene rings is 1. The van der Waals surface area contributed by atoms with E-state index in [-0.39, 0.29) is 0 Å². The monoisotopic (exact) mass is 287 g/mol. The first-order valence-corrected chi connectivity index (χ1v) is 6.86. The zero-order valence-corrected chi connectivity index (χ0v) is 11.4. The van der Waals surface area contributed by atoms with E-state index >= 15 is 0 Å². The predicted octanol–water partition coefficient (Wildman–Crippen LogP) is 4.11. The number of hydrogen-bond donors (Lipinski definition) is 1. The Morgan fingerprint density at radius 1 is 0.947 bits per heavy atom. The minimum absolute atomic E-state index is 0.553. The van der Waals surface area contributed by atoms with Crippen LogP contribution >= 0.6 is 22.9 Å². The number of nitrogens with zero attached hydrogens (tertiary/aromatic N) is 2. The number of nitrogen functional groups attached to an aromatic ring is 1. The van der Waals surface area contributed by atoms with E-state index in [9.17, 15) is 0 Å². The highest BCUT2D eigenvalue weighted by Crippen LogP contribution is 2.37. The van der Waals surface area contributed by atoms with Gasteiger partial charge in [-0.25, -0.2) is 4.98 Å². The largest absolute Gasteiger partial charge is 0.375 e. The normalized spacial score (nSPS) is 10.6. The second-order valence-corrected chi connectivity index (χ2v) is 5.44. The van der Waals surface area contributed by atoms with E-state index in [0.717, 1.165) is 21.7 Å². The van der Waals surface area contributed by atoms with E-state index in [1.165, 1.54) is 11.3 Å². The summed E-state index contributed by atoms with van der Waals surface area (Å²) >= 11 is 7.39. The van der Waals surface area contributed by atoms with Crippen molar-refractivity contribution in [1.29, 1.82) is 0 Å². The highest BCUT2D eigenvalue weighted by atomic mass is 35.5. The number of thiazole rings is 1. The van der Waals surface area contributed by atoms with Crippen LogP contribution in [0.5, 0.6) is 0 Å². The molecule has 2 aromatic heterocycles. The summed E-state index contributed by atoms with van der Waals surface area (Å²) < 4.78 is 0. The Bertz CT molecular complexity index is 692. The van der Waals surface area contributed by atoms with Crippen molar-refractivity contribution in [2.75, 3.05) is 5.73 Å². The van der Waals surface area contributed by atoms with E-state index in [1.807, 2.05) is 36.4 Å². The van der Waals surface area contributed by atoms with Gasteiger partial charge in [0.25, 0.3) is 0 Å². The Morgan fingerprint density at radius 2 is 1.63 bits per heavy atom. The van der Waals surface area contributed by atoms with Crippen LogP contribution in [0, 0.1) is 0 Å². The van der Waals surface area contributed by atoms with Crippen LogP contribution in [-0.2, 0) is 0 Å². The fraction of sp³-hybridized carbons (Fsp3) is 0. The molecule has 0 spiro atoms. The minimum atomic E-state index is 0.553. The summed E-state index contributed by atoms with van der Waals surface area (Å²) in [5.41, 5.74) is 8.80. The average molecular weight is 288 g/mol. The first-order chi connectivity index (χ1) is 9.24. The van der Waals surface area contributed by atoms with Crippen LogP contribution in [0.15, 0.2) is 48.8 Å². The molecule has 0 aliphatic carbocycles. The molecule has 3 aromatic rings. The van der Waals surface area contributed by atoms with Crippen LogP contribution in [0.1, 0.15) is 0 Å². The number of anilines is 1. The van der Waals surface area contributed by atoms with Crippen LogP contribution in [0.3, 0.4) is 0 Å². The topological polar surface area (TPSA) is 51.8 Å². The predicted molar refractivity (Wildman–Crippen MR) is 80.2 cm³/mol. The highest BCUT2D eigenvalue weighted by Gasteiger charge is 2.13. The summed E-state index contributed by atoms with van der Waals surface area (Å²) in [4.78, 5) is 9.48. The quantitative estimate of drug-likeness (QED) is 0.772. The SMILES string of the molecule is Nc1nc(-c2ccncc2)c(-c2ccc(Cl)cc2)s1. The van der Waals surface area contributed by atoms with Crippen LogP contribution < -0.4 is 5.73 Å². The standard InChI is InChI=1S/C14H10ClN3S/c15-11-3-1-10(2-4-11)13-12(18-14(16)19-13)9-5-7-17-8-6-9/h1-8H,(H2,16,18). The molecule has 19 heavy (non-hydrogen) atoms. The molecule has 0 unspecified atom stereocenters. The molecule has 0 radical (unpaired) electrons. The van der Waals surface area contributed by atoms with Crippen molar-refractivity contribution in [3.63, 3.8) is 0 Å². The molecule has 3 rings (SSSR count). The molecule has 3 nitrogen and oxygen atoms in total. The lowest BCUT2D eigenvalue weighted by Gasteiger charge is -2.02. The summed E-state index contributed by atoms with van der Waals surface area (Å²) in [6.45, 7) is 0. The Labute approximate surface area is 119 Å². The summed E-state index contributed by atoms with van der Waals surface area (Å²) in [5.74, 6) is 0. The van der Waals surface area contributed by atoms with Crippen LogP contribution in [-0.4, -0.2) is 9.97 Å². The first kappa shape index (κ1) is 12.1. The first-order valence-electron chi connectivity index (χ1n) is 5.66. The van der Waals surface area contributed by atoms with Gasteiger partial charge in [0, 0.05) is 23.0 Å². The highest BCUT2D eigenvalue weighted by molar-refractivity contribution is 7.19. The van der Waals surface area contributed by atoms with Crippen LogP contribution in [0.25, 0.3) is 21.7 Å². The Morgan fingerprint density at radius 3 is 2.32 bits per heavy atom. The molecule has 0 aliphatic heterocycles. The Balaban J connectivity index is 2.15. The third-order valence-corrected chi connectivity index (χ3v) is 3.89. The Hall–Kier alpha value is -1.91. The summed E-state index contributed by atoms with van der Waals surface area (Å²) in [6.07, 6.45) is 3.49. The number of pyridine rings is 1. The average Bonchev–Trinajstić information content (AvgIpc) is 2.83. The van der Waals surface area contributed by atoms with E-state index < -0.39 is 0 Å². The molecule has 2 heterocycles. The molecule has 0 aliphatic rings. The molecule has 0 saturated heterocycles. The molecular weight excluding hydrogens is 278 g/mol. The van der Waals surface area contributed by atoms with Gasteiger partial charge >= 0.3 is 0 Å². The van der Waals surface area contributed by atoms with Crippen molar-refractivity contribution in [2.45, 2.75) is 0 Å². The molecular formula is C14H10ClN3S. The van der Waals surface area contributed by atoms with Gasteiger partial charge in [-0.05, 0) is 29.8 Å². The van der Waals surface area contributed by atoms with Gasteiger partial charge in [-0.2, -0.15) is 0 Å². The molecule has 0 bridgehead atoms. The number of rotatable bonds is 2. The van der Waals surface area contributed by atoms with Gasteiger partial charge in [0.1, 0.15) is 0 Å². The summed E-state index contributed by atoms with van der Waals surface area (Å²) in [6, 6.07) is 11.5. The maximum absolute atomic E-state index is 5.92. The molecule has 0 saturated carbocycles. The molecule has 0 atom stereocenters. The van der Waals surface area contributed by atoms with E-state index in [1.54, 1.807) is 12.4 Å². The molecule has 0 fully saturated rings. The van der Waals surface area contributed by atoms with Crippen molar-refractivity contribution in [1.82, 2.24) is 9.97 Å². The van der Waals surface area contributed by atoms with E-state index in [0.29, 0.717) is 10.2 Å². The van der Waals surface area contributed by atoms with Gasteiger partial charge in [-0.15, -0.1) is 0 Å². The summed E-state index contributed by atoms with van der Waals surface area (Å²) in [7, 11) is 0. The Kier molecular flexibility index (Phi) is 3.19. The third-order valence-electron chi connectivity index (χ3n) is 2.70. The number of halogens is 1. The lowest BCUT2D eigenvalue weighted by atomic mass is 10.1. The maximum atomic E-state index is 5.92. The summed E-state index contributed by atoms with van der Waals surface area (Å²) in [5, 5.41) is 1.27. The van der Waals surface area contributed by atoms with Crippen molar-refractivity contribution in [3.05, 3.63) is 53.8 Å². The van der Waals surface area contributed by atoms with Gasteiger partial charge in [0.15, 0.2) is 5.13 Å². The number of aromatic nitrogens is 2. The lowest BCUT2D eigenvalue weighted by molar-refractivity contribution is 1.31. The zero-order valence-electron chi connectivity index (χ0n) is 9.88. The zero-order chi connectivity index (χ0) is 13.2. The van der Waals surface area contributed by atoms with Crippen molar-refractivity contribution >= 4 is 28.1 Å². The van der Waals surface area contributed by atoms with Gasteiger partial charge in [0.05, 0.1) is 10.6 Å². The number of hydrogen-bond acceptors (Lipinski definition) is 4. The van der Waals surface area contributed by atoms with Crippen molar-refractivity contribution in [2.24, 2.45) is 0 Å². The van der Waals surface area contributed by atoms with E-state index in [2.05, 4.69) is 9.97 Å². The second kappa shape index (κ2) is 4.99. The molecule has 94 valence electrons. The van der Waals surface area contributed by atoms with Crippen molar-refractivity contribution in [3.8, 4) is 21.7 Å².